The minimum Gasteiger partial charge on any atom is -0.336 e. The Morgan fingerprint density at radius 2 is 1.88 bits per heavy atom. The third-order valence-corrected chi connectivity index (χ3v) is 4.39. The van der Waals surface area contributed by atoms with Crippen LogP contribution in [0.25, 0.3) is 0 Å². The van der Waals surface area contributed by atoms with Crippen LogP contribution in [0.3, 0.4) is 0 Å². The molecule has 0 aliphatic heterocycles. The van der Waals surface area contributed by atoms with E-state index in [2.05, 4.69) is 10.6 Å². The molecule has 1 atom stereocenters. The van der Waals surface area contributed by atoms with E-state index in [1.54, 1.807) is 11.3 Å². The number of likely N-dealkylation sites (N-methyl/N-ethyl adjacent to an activating group) is 1. The van der Waals surface area contributed by atoms with Gasteiger partial charge in [-0.05, 0) is 49.8 Å². The van der Waals surface area contributed by atoms with Crippen molar-refractivity contribution in [2.75, 3.05) is 26.0 Å². The highest BCUT2D eigenvalue weighted by Crippen LogP contribution is 2.29. The van der Waals surface area contributed by atoms with Crippen LogP contribution in [-0.2, 0) is 6.18 Å². The number of urea groups is 1. The van der Waals surface area contributed by atoms with Gasteiger partial charge in [-0.15, -0.1) is 11.3 Å². The van der Waals surface area contributed by atoms with Crippen LogP contribution in [0, 0.1) is 0 Å². The summed E-state index contributed by atoms with van der Waals surface area (Å²) in [5.41, 5.74) is -0.447. The standard InChI is InChI=1S/C16H18F3N3OS/c1-22(2)13(14-4-3-9-24-14)10-20-15(23)21-12-7-5-11(6-8-12)16(17,18)19/h3-9,13H,10H2,1-2H3,(H2,20,21,23)/t13-/m1/s1. The molecule has 0 unspecified atom stereocenters. The van der Waals surface area contributed by atoms with E-state index in [-0.39, 0.29) is 6.04 Å². The average molecular weight is 357 g/mol. The van der Waals surface area contributed by atoms with E-state index in [1.807, 2.05) is 36.5 Å². The number of hydrogen-bond acceptors (Lipinski definition) is 3. The molecular formula is C16H18F3N3OS. The molecule has 2 aromatic rings. The van der Waals surface area contributed by atoms with E-state index in [1.165, 1.54) is 12.1 Å². The molecule has 4 nitrogen and oxygen atoms in total. The van der Waals surface area contributed by atoms with Gasteiger partial charge in [-0.25, -0.2) is 4.79 Å². The van der Waals surface area contributed by atoms with Gasteiger partial charge < -0.3 is 15.5 Å². The SMILES string of the molecule is CN(C)[C@H](CNC(=O)Nc1ccc(C(F)(F)F)cc1)c1cccs1. The third kappa shape index (κ3) is 4.97. The number of nitrogens with zero attached hydrogens (tertiary/aromatic N) is 1. The summed E-state index contributed by atoms with van der Waals surface area (Å²) < 4.78 is 37.5. The molecule has 0 saturated heterocycles. The van der Waals surface area contributed by atoms with Gasteiger partial charge in [0.05, 0.1) is 11.6 Å². The lowest BCUT2D eigenvalue weighted by Crippen LogP contribution is -2.36. The van der Waals surface area contributed by atoms with Gasteiger partial charge in [0.15, 0.2) is 0 Å². The van der Waals surface area contributed by atoms with Crippen molar-refractivity contribution in [1.82, 2.24) is 10.2 Å². The summed E-state index contributed by atoms with van der Waals surface area (Å²) in [6.07, 6.45) is -4.39. The molecule has 2 N–H and O–H groups in total. The molecule has 1 aromatic carbocycles. The largest absolute Gasteiger partial charge is 0.416 e. The zero-order chi connectivity index (χ0) is 17.7. The first-order valence-corrected chi connectivity index (χ1v) is 8.07. The lowest BCUT2D eigenvalue weighted by atomic mass is 10.2. The van der Waals surface area contributed by atoms with Gasteiger partial charge in [0.1, 0.15) is 0 Å². The molecule has 24 heavy (non-hydrogen) atoms. The summed E-state index contributed by atoms with van der Waals surface area (Å²) in [6, 6.07) is 7.83. The van der Waals surface area contributed by atoms with E-state index in [0.717, 1.165) is 17.0 Å². The fraction of sp³-hybridized carbons (Fsp3) is 0.312. The van der Waals surface area contributed by atoms with Crippen LogP contribution in [0.1, 0.15) is 16.5 Å². The predicted octanol–water partition coefficient (Wildman–Crippen LogP) is 4.19. The summed E-state index contributed by atoms with van der Waals surface area (Å²) in [4.78, 5) is 15.0. The van der Waals surface area contributed by atoms with Crippen molar-refractivity contribution < 1.29 is 18.0 Å². The summed E-state index contributed by atoms with van der Waals surface area (Å²) >= 11 is 1.60. The van der Waals surface area contributed by atoms with E-state index >= 15 is 0 Å². The second kappa shape index (κ2) is 7.67. The smallest absolute Gasteiger partial charge is 0.336 e. The Balaban J connectivity index is 1.91. The van der Waals surface area contributed by atoms with E-state index in [4.69, 9.17) is 0 Å². The van der Waals surface area contributed by atoms with Crippen LogP contribution >= 0.6 is 11.3 Å². The van der Waals surface area contributed by atoms with E-state index in [0.29, 0.717) is 12.2 Å². The highest BCUT2D eigenvalue weighted by atomic mass is 32.1. The van der Waals surface area contributed by atoms with Crippen molar-refractivity contribution in [3.63, 3.8) is 0 Å². The van der Waals surface area contributed by atoms with Crippen molar-refractivity contribution in [1.29, 1.82) is 0 Å². The molecule has 2 rings (SSSR count). The van der Waals surface area contributed by atoms with Gasteiger partial charge in [0.2, 0.25) is 0 Å². The Morgan fingerprint density at radius 1 is 1.21 bits per heavy atom. The van der Waals surface area contributed by atoms with Gasteiger partial charge in [-0.2, -0.15) is 13.2 Å². The van der Waals surface area contributed by atoms with Crippen molar-refractivity contribution >= 4 is 23.1 Å². The molecule has 0 fully saturated rings. The number of carbonyl (C=O) groups is 1. The number of carbonyl (C=O) groups excluding carboxylic acids is 1. The highest BCUT2D eigenvalue weighted by Gasteiger charge is 2.30. The minimum atomic E-state index is -4.39. The zero-order valence-electron chi connectivity index (χ0n) is 13.2. The summed E-state index contributed by atoms with van der Waals surface area (Å²) in [5, 5.41) is 7.23. The number of anilines is 1. The fourth-order valence-corrected chi connectivity index (χ4v) is 3.05. The topological polar surface area (TPSA) is 44.4 Å². The second-order valence-electron chi connectivity index (χ2n) is 5.40. The normalized spacial score (nSPS) is 12.9. The molecule has 0 saturated carbocycles. The number of hydrogen-bond donors (Lipinski definition) is 2. The van der Waals surface area contributed by atoms with Gasteiger partial charge >= 0.3 is 12.2 Å². The predicted molar refractivity (Wildman–Crippen MR) is 89.2 cm³/mol. The van der Waals surface area contributed by atoms with Crippen LogP contribution < -0.4 is 10.6 Å². The number of benzene rings is 1. The molecule has 2 amide bonds. The fourth-order valence-electron chi connectivity index (χ4n) is 2.13. The number of halogens is 3. The molecule has 0 radical (unpaired) electrons. The molecule has 1 heterocycles. The molecule has 0 aliphatic rings. The Labute approximate surface area is 142 Å². The van der Waals surface area contributed by atoms with Crippen LogP contribution in [0.2, 0.25) is 0 Å². The quantitative estimate of drug-likeness (QED) is 0.843. The van der Waals surface area contributed by atoms with Crippen LogP contribution in [0.4, 0.5) is 23.7 Å². The number of nitrogens with one attached hydrogen (secondary N) is 2. The number of amides is 2. The van der Waals surface area contributed by atoms with Crippen molar-refractivity contribution in [2.45, 2.75) is 12.2 Å². The first kappa shape index (κ1) is 18.3. The average Bonchev–Trinajstić information content (AvgIpc) is 3.00. The van der Waals surface area contributed by atoms with E-state index in [9.17, 15) is 18.0 Å². The van der Waals surface area contributed by atoms with Crippen molar-refractivity contribution in [3.05, 3.63) is 52.2 Å². The van der Waals surface area contributed by atoms with Crippen molar-refractivity contribution in [3.8, 4) is 0 Å². The van der Waals surface area contributed by atoms with E-state index < -0.39 is 17.8 Å². The molecule has 0 spiro atoms. The van der Waals surface area contributed by atoms with Crippen LogP contribution in [-0.4, -0.2) is 31.6 Å². The highest BCUT2D eigenvalue weighted by molar-refractivity contribution is 7.10. The lowest BCUT2D eigenvalue weighted by Gasteiger charge is -2.23. The Morgan fingerprint density at radius 3 is 2.38 bits per heavy atom. The Bertz CT molecular complexity index is 654. The minimum absolute atomic E-state index is 0.0309. The summed E-state index contributed by atoms with van der Waals surface area (Å²) in [7, 11) is 3.83. The Kier molecular flexibility index (Phi) is 5.84. The van der Waals surface area contributed by atoms with Gasteiger partial charge in [-0.3, -0.25) is 0 Å². The van der Waals surface area contributed by atoms with Gasteiger partial charge in [0.25, 0.3) is 0 Å². The second-order valence-corrected chi connectivity index (χ2v) is 6.38. The monoisotopic (exact) mass is 357 g/mol. The maximum absolute atomic E-state index is 12.5. The van der Waals surface area contributed by atoms with Crippen LogP contribution in [0.5, 0.6) is 0 Å². The summed E-state index contributed by atoms with van der Waals surface area (Å²) in [6.45, 7) is 0.389. The number of alkyl halides is 3. The van der Waals surface area contributed by atoms with Gasteiger partial charge in [0, 0.05) is 17.1 Å². The molecule has 1 aromatic heterocycles. The van der Waals surface area contributed by atoms with Crippen molar-refractivity contribution in [2.24, 2.45) is 0 Å². The zero-order valence-corrected chi connectivity index (χ0v) is 14.0. The maximum atomic E-state index is 12.5. The first-order valence-electron chi connectivity index (χ1n) is 7.19. The lowest BCUT2D eigenvalue weighted by molar-refractivity contribution is -0.137. The molecule has 8 heteroatoms. The molecular weight excluding hydrogens is 339 g/mol. The number of rotatable bonds is 5. The third-order valence-electron chi connectivity index (χ3n) is 3.42. The van der Waals surface area contributed by atoms with Crippen LogP contribution in [0.15, 0.2) is 41.8 Å². The first-order chi connectivity index (χ1) is 11.3. The number of thiophene rings is 1. The maximum Gasteiger partial charge on any atom is 0.416 e. The molecule has 0 aliphatic carbocycles. The van der Waals surface area contributed by atoms with Gasteiger partial charge in [-0.1, -0.05) is 6.07 Å². The summed E-state index contributed by atoms with van der Waals surface area (Å²) in [5.74, 6) is 0. The molecule has 130 valence electrons. The molecule has 0 bridgehead atoms. The Hall–Kier alpha value is -2.06.